The van der Waals surface area contributed by atoms with Crippen LogP contribution in [-0.4, -0.2) is 0 Å². The van der Waals surface area contributed by atoms with E-state index in [0.29, 0.717) is 11.8 Å². The van der Waals surface area contributed by atoms with E-state index in [1.54, 1.807) is 5.57 Å². The van der Waals surface area contributed by atoms with Gasteiger partial charge in [0.15, 0.2) is 0 Å². The van der Waals surface area contributed by atoms with E-state index >= 15 is 0 Å². The lowest BCUT2D eigenvalue weighted by Gasteiger charge is -2.27. The maximum atomic E-state index is 2.45. The first-order chi connectivity index (χ1) is 25.3. The second-order valence-corrected chi connectivity index (χ2v) is 15.0. The Balaban J connectivity index is 1.04. The van der Waals surface area contributed by atoms with Gasteiger partial charge in [-0.25, -0.2) is 0 Å². The van der Waals surface area contributed by atoms with Gasteiger partial charge in [0.05, 0.1) is 0 Å². The van der Waals surface area contributed by atoms with Crippen LogP contribution in [-0.2, 0) is 6.42 Å². The Kier molecular flexibility index (Phi) is 10.7. The number of benzene rings is 6. The lowest BCUT2D eigenvalue weighted by Crippen LogP contribution is -2.14. The highest BCUT2D eigenvalue weighted by Gasteiger charge is 2.22. The van der Waals surface area contributed by atoms with Crippen LogP contribution in [0.2, 0.25) is 0 Å². The lowest BCUT2D eigenvalue weighted by molar-refractivity contribution is 0.447. The third-order valence-electron chi connectivity index (χ3n) is 10.9. The normalized spacial score (nSPS) is 13.9. The maximum Gasteiger partial charge on any atom is 0.0462 e. The van der Waals surface area contributed by atoms with Gasteiger partial charge in [0.2, 0.25) is 0 Å². The third kappa shape index (κ3) is 8.38. The molecule has 1 heteroatoms. The molecule has 0 bridgehead atoms. The molecule has 0 saturated carbocycles. The summed E-state index contributed by atoms with van der Waals surface area (Å²) in [5.74, 6) is 1.04. The Morgan fingerprint density at radius 3 is 1.35 bits per heavy atom. The van der Waals surface area contributed by atoms with Gasteiger partial charge < -0.3 is 4.90 Å². The minimum Gasteiger partial charge on any atom is -0.311 e. The molecule has 0 amide bonds. The molecular formula is C51H51N. The van der Waals surface area contributed by atoms with Crippen molar-refractivity contribution < 1.29 is 0 Å². The van der Waals surface area contributed by atoms with Crippen LogP contribution >= 0.6 is 0 Å². The minimum absolute atomic E-state index is 0.490. The second-order valence-electron chi connectivity index (χ2n) is 15.0. The Morgan fingerprint density at radius 2 is 0.865 bits per heavy atom. The Bertz CT molecular complexity index is 2080. The van der Waals surface area contributed by atoms with Crippen LogP contribution in [0, 0.1) is 33.6 Å². The molecule has 0 N–H and O–H groups in total. The Morgan fingerprint density at radius 1 is 0.442 bits per heavy atom. The highest BCUT2D eigenvalue weighted by molar-refractivity contribution is 5.79. The second kappa shape index (κ2) is 15.9. The molecule has 52 heavy (non-hydrogen) atoms. The topological polar surface area (TPSA) is 3.24 Å². The molecule has 0 saturated heterocycles. The molecule has 6 aromatic rings. The summed E-state index contributed by atoms with van der Waals surface area (Å²) in [6.07, 6.45) is 9.21. The van der Waals surface area contributed by atoms with E-state index < -0.39 is 0 Å². The van der Waals surface area contributed by atoms with Crippen LogP contribution in [0.15, 0.2) is 163 Å². The molecule has 6 aromatic carbocycles. The Labute approximate surface area is 312 Å². The molecule has 7 rings (SSSR count). The smallest absolute Gasteiger partial charge is 0.0462 e. The number of hydrogen-bond donors (Lipinski definition) is 0. The van der Waals surface area contributed by atoms with Crippen molar-refractivity contribution in [3.8, 4) is 11.1 Å². The van der Waals surface area contributed by atoms with E-state index in [9.17, 15) is 0 Å². The zero-order valence-electron chi connectivity index (χ0n) is 31.4. The number of nitrogens with zero attached hydrogens (tertiary/aromatic N) is 1. The average Bonchev–Trinajstić information content (AvgIpc) is 3.17. The zero-order valence-corrected chi connectivity index (χ0v) is 31.4. The number of allylic oxidation sites excluding steroid dienone is 4. The first kappa shape index (κ1) is 35.0. The van der Waals surface area contributed by atoms with E-state index in [4.69, 9.17) is 0 Å². The fraction of sp³-hybridized carbons (Fsp3) is 0.216. The van der Waals surface area contributed by atoms with Crippen LogP contribution in [0.1, 0.15) is 71.0 Å². The maximum absolute atomic E-state index is 2.45. The van der Waals surface area contributed by atoms with Crippen molar-refractivity contribution in [1.82, 2.24) is 0 Å². The standard InChI is InChI=1S/C51H51N/c1-36-6-14-42(15-7-36)35-51(47-18-8-37(2)9-19-47)40(5)34-41-16-20-43(21-17-41)44-22-24-45(25-23-44)46-26-32-50(33-27-46)52(48-28-10-38(3)11-29-48)49-30-12-39(4)13-31-49/h6-16,18-20,22-33,40,51H,17,21,34-35H2,1-5H3/t40?,51-/m0/s1. The molecule has 260 valence electrons. The van der Waals surface area contributed by atoms with Crippen LogP contribution in [0.4, 0.5) is 17.1 Å². The van der Waals surface area contributed by atoms with Crippen molar-refractivity contribution in [2.45, 2.75) is 66.2 Å². The lowest BCUT2D eigenvalue weighted by atomic mass is 9.78. The monoisotopic (exact) mass is 677 g/mol. The highest BCUT2D eigenvalue weighted by atomic mass is 15.1. The first-order valence-electron chi connectivity index (χ1n) is 18.9. The van der Waals surface area contributed by atoms with Crippen LogP contribution < -0.4 is 4.90 Å². The van der Waals surface area contributed by atoms with Gasteiger partial charge in [0.1, 0.15) is 0 Å². The molecule has 2 atom stereocenters. The first-order valence-corrected chi connectivity index (χ1v) is 18.9. The summed E-state index contributed by atoms with van der Waals surface area (Å²) in [5.41, 5.74) is 18.3. The molecule has 0 fully saturated rings. The Hall–Kier alpha value is -5.40. The van der Waals surface area contributed by atoms with Gasteiger partial charge in [-0.15, -0.1) is 0 Å². The van der Waals surface area contributed by atoms with Gasteiger partial charge in [-0.2, -0.15) is 0 Å². The predicted octanol–water partition coefficient (Wildman–Crippen LogP) is 14.2. The zero-order chi connectivity index (χ0) is 36.0. The van der Waals surface area contributed by atoms with Gasteiger partial charge >= 0.3 is 0 Å². The van der Waals surface area contributed by atoms with Crippen molar-refractivity contribution >= 4 is 22.6 Å². The molecule has 0 heterocycles. The van der Waals surface area contributed by atoms with Crippen molar-refractivity contribution in [2.75, 3.05) is 4.90 Å². The summed E-state index contributed by atoms with van der Waals surface area (Å²) >= 11 is 0. The number of hydrogen-bond acceptors (Lipinski definition) is 1. The summed E-state index contributed by atoms with van der Waals surface area (Å²) in [4.78, 5) is 2.33. The summed E-state index contributed by atoms with van der Waals surface area (Å²) < 4.78 is 0. The largest absolute Gasteiger partial charge is 0.311 e. The van der Waals surface area contributed by atoms with Crippen molar-refractivity contribution in [2.24, 2.45) is 5.92 Å². The van der Waals surface area contributed by atoms with Crippen molar-refractivity contribution in [3.05, 3.63) is 202 Å². The molecule has 0 aromatic heterocycles. The molecule has 0 spiro atoms. The number of anilines is 3. The highest BCUT2D eigenvalue weighted by Crippen LogP contribution is 2.38. The van der Waals surface area contributed by atoms with Crippen LogP contribution in [0.3, 0.4) is 0 Å². The van der Waals surface area contributed by atoms with Crippen molar-refractivity contribution in [1.29, 1.82) is 0 Å². The van der Waals surface area contributed by atoms with E-state index in [0.717, 1.165) is 42.7 Å². The average molecular weight is 678 g/mol. The van der Waals surface area contributed by atoms with Crippen LogP contribution in [0.5, 0.6) is 0 Å². The molecule has 1 unspecified atom stereocenters. The quantitative estimate of drug-likeness (QED) is 0.132. The summed E-state index contributed by atoms with van der Waals surface area (Å²) in [6, 6.07) is 54.0. The number of aryl methyl sites for hydroxylation is 4. The van der Waals surface area contributed by atoms with Gasteiger partial charge in [-0.05, 0) is 135 Å². The molecule has 1 nitrogen and oxygen atoms in total. The summed E-state index contributed by atoms with van der Waals surface area (Å²) in [6.45, 7) is 11.1. The fourth-order valence-electron chi connectivity index (χ4n) is 7.60. The third-order valence-corrected chi connectivity index (χ3v) is 10.9. The predicted molar refractivity (Wildman–Crippen MR) is 224 cm³/mol. The van der Waals surface area contributed by atoms with Gasteiger partial charge in [0.25, 0.3) is 0 Å². The van der Waals surface area contributed by atoms with E-state index in [-0.39, 0.29) is 0 Å². The SMILES string of the molecule is Cc1ccc(C[C@H](c2ccc(C)cc2)C(C)CC2=CC=C(c3ccc(-c4ccc(N(c5ccc(C)cc5)c5ccc(C)cc5)cc4)cc3)CC2)cc1. The van der Waals surface area contributed by atoms with E-state index in [2.05, 4.69) is 197 Å². The molecule has 1 aliphatic rings. The molecule has 0 radical (unpaired) electrons. The van der Waals surface area contributed by atoms with Gasteiger partial charge in [-0.1, -0.05) is 156 Å². The van der Waals surface area contributed by atoms with E-state index in [1.165, 1.54) is 55.6 Å². The van der Waals surface area contributed by atoms with Crippen molar-refractivity contribution in [3.63, 3.8) is 0 Å². The summed E-state index contributed by atoms with van der Waals surface area (Å²) in [5, 5.41) is 0. The van der Waals surface area contributed by atoms with E-state index in [1.807, 2.05) is 0 Å². The molecule has 1 aliphatic carbocycles. The fourth-order valence-corrected chi connectivity index (χ4v) is 7.60. The van der Waals surface area contributed by atoms with Gasteiger partial charge in [-0.3, -0.25) is 0 Å². The van der Waals surface area contributed by atoms with Gasteiger partial charge in [0, 0.05) is 17.1 Å². The summed E-state index contributed by atoms with van der Waals surface area (Å²) in [7, 11) is 0. The molecular weight excluding hydrogens is 627 g/mol. The minimum atomic E-state index is 0.490. The molecule has 0 aliphatic heterocycles. The van der Waals surface area contributed by atoms with Crippen LogP contribution in [0.25, 0.3) is 16.7 Å². The number of rotatable bonds is 11.